The van der Waals surface area contributed by atoms with E-state index in [2.05, 4.69) is 50.9 Å². The summed E-state index contributed by atoms with van der Waals surface area (Å²) < 4.78 is 10.7. The summed E-state index contributed by atoms with van der Waals surface area (Å²) in [5.74, 6) is 2.31. The standard InChI is InChI=1S/C23H32N4O2.HI/c1-24-23(25-16-19-9-10-21(28-2)22(15-19)29-3)26-20-11-13-27(14-12-20)17-18-7-5-4-6-8-18;/h4-10,15,20H,11-14,16-17H2,1-3H3,(H2,24,25,26);1H. The maximum absolute atomic E-state index is 5.38. The van der Waals surface area contributed by atoms with Gasteiger partial charge in [-0.1, -0.05) is 36.4 Å². The molecule has 0 saturated carbocycles. The van der Waals surface area contributed by atoms with Crippen molar-refractivity contribution in [1.29, 1.82) is 0 Å². The van der Waals surface area contributed by atoms with E-state index in [9.17, 15) is 0 Å². The van der Waals surface area contributed by atoms with Gasteiger partial charge in [0, 0.05) is 39.3 Å². The number of aliphatic imine (C=N–C) groups is 1. The number of rotatable bonds is 7. The number of nitrogens with zero attached hydrogens (tertiary/aromatic N) is 2. The number of ether oxygens (including phenoxy) is 2. The molecule has 2 aromatic carbocycles. The zero-order valence-electron chi connectivity index (χ0n) is 18.1. The van der Waals surface area contributed by atoms with Crippen molar-refractivity contribution in [3.05, 3.63) is 59.7 Å². The molecule has 7 heteroatoms. The lowest BCUT2D eigenvalue weighted by Crippen LogP contribution is -2.48. The SMILES string of the molecule is CN=C(NCc1ccc(OC)c(OC)c1)NC1CCN(Cc2ccccc2)CC1.I. The normalized spacial score (nSPS) is 15.2. The maximum Gasteiger partial charge on any atom is 0.191 e. The Morgan fingerprint density at radius 3 is 2.33 bits per heavy atom. The molecule has 2 N–H and O–H groups in total. The fraction of sp³-hybridized carbons (Fsp3) is 0.435. The molecule has 0 atom stereocenters. The van der Waals surface area contributed by atoms with Gasteiger partial charge in [0.05, 0.1) is 14.2 Å². The van der Waals surface area contributed by atoms with Crippen molar-refractivity contribution in [3.8, 4) is 11.5 Å². The number of hydrogen-bond acceptors (Lipinski definition) is 4. The lowest BCUT2D eigenvalue weighted by atomic mass is 10.0. The van der Waals surface area contributed by atoms with Gasteiger partial charge in [0.1, 0.15) is 0 Å². The Bertz CT molecular complexity index is 793. The molecule has 0 aliphatic carbocycles. The summed E-state index contributed by atoms with van der Waals surface area (Å²) in [4.78, 5) is 6.91. The van der Waals surface area contributed by atoms with Crippen LogP contribution in [-0.4, -0.2) is 51.3 Å². The molecule has 0 spiro atoms. The number of guanidine groups is 1. The molecule has 3 rings (SSSR count). The Balaban J connectivity index is 0.00000320. The molecule has 1 heterocycles. The van der Waals surface area contributed by atoms with Gasteiger partial charge in [0.15, 0.2) is 17.5 Å². The second-order valence-corrected chi connectivity index (χ2v) is 7.30. The average Bonchev–Trinajstić information content (AvgIpc) is 2.78. The molecule has 0 aromatic heterocycles. The Morgan fingerprint density at radius 2 is 1.70 bits per heavy atom. The Morgan fingerprint density at radius 1 is 1.00 bits per heavy atom. The van der Waals surface area contributed by atoms with Crippen LogP contribution >= 0.6 is 24.0 Å². The van der Waals surface area contributed by atoms with Gasteiger partial charge in [-0.2, -0.15) is 0 Å². The first-order valence-corrected chi connectivity index (χ1v) is 10.2. The highest BCUT2D eigenvalue weighted by Gasteiger charge is 2.20. The number of halogens is 1. The number of piperidine rings is 1. The molecule has 164 valence electrons. The molecule has 0 bridgehead atoms. The van der Waals surface area contributed by atoms with Crippen molar-refractivity contribution >= 4 is 29.9 Å². The van der Waals surface area contributed by atoms with Gasteiger partial charge in [-0.3, -0.25) is 9.89 Å². The molecule has 0 unspecified atom stereocenters. The molecule has 1 fully saturated rings. The van der Waals surface area contributed by atoms with Gasteiger partial charge in [-0.25, -0.2) is 0 Å². The van der Waals surface area contributed by atoms with Crippen LogP contribution in [0.3, 0.4) is 0 Å². The second kappa shape index (κ2) is 12.6. The molecule has 2 aromatic rings. The number of nitrogens with one attached hydrogen (secondary N) is 2. The van der Waals surface area contributed by atoms with E-state index < -0.39 is 0 Å². The van der Waals surface area contributed by atoms with Crippen molar-refractivity contribution < 1.29 is 9.47 Å². The quantitative estimate of drug-likeness (QED) is 0.329. The van der Waals surface area contributed by atoms with Gasteiger partial charge in [-0.05, 0) is 36.1 Å². The molecule has 1 aliphatic rings. The van der Waals surface area contributed by atoms with Gasteiger partial charge in [0.2, 0.25) is 0 Å². The number of hydrogen-bond donors (Lipinski definition) is 2. The Kier molecular flexibility index (Phi) is 10.2. The van der Waals surface area contributed by atoms with Crippen molar-refractivity contribution in [2.75, 3.05) is 34.4 Å². The molecule has 6 nitrogen and oxygen atoms in total. The highest BCUT2D eigenvalue weighted by atomic mass is 127. The van der Waals surface area contributed by atoms with Gasteiger partial charge in [-0.15, -0.1) is 24.0 Å². The summed E-state index contributed by atoms with van der Waals surface area (Å²) in [6.07, 6.45) is 2.23. The first-order chi connectivity index (χ1) is 14.2. The largest absolute Gasteiger partial charge is 0.493 e. The van der Waals surface area contributed by atoms with Crippen molar-refractivity contribution in [2.24, 2.45) is 4.99 Å². The molecular weight excluding hydrogens is 491 g/mol. The van der Waals surface area contributed by atoms with Crippen LogP contribution in [0.1, 0.15) is 24.0 Å². The van der Waals surface area contributed by atoms with E-state index >= 15 is 0 Å². The van der Waals surface area contributed by atoms with Crippen molar-refractivity contribution in [1.82, 2.24) is 15.5 Å². The minimum Gasteiger partial charge on any atom is -0.493 e. The summed E-state index contributed by atoms with van der Waals surface area (Å²) in [5.41, 5.74) is 2.49. The van der Waals surface area contributed by atoms with Crippen LogP contribution in [0.25, 0.3) is 0 Å². The fourth-order valence-corrected chi connectivity index (χ4v) is 3.64. The van der Waals surface area contributed by atoms with Crippen molar-refractivity contribution in [2.45, 2.75) is 32.0 Å². The zero-order chi connectivity index (χ0) is 20.5. The Hall–Kier alpha value is -2.00. The second-order valence-electron chi connectivity index (χ2n) is 7.30. The summed E-state index contributed by atoms with van der Waals surface area (Å²) >= 11 is 0. The van der Waals surface area contributed by atoms with Crippen LogP contribution in [-0.2, 0) is 13.1 Å². The van der Waals surface area contributed by atoms with Crippen LogP contribution in [0, 0.1) is 0 Å². The van der Waals surface area contributed by atoms with Crippen LogP contribution in [0.15, 0.2) is 53.5 Å². The number of likely N-dealkylation sites (tertiary alicyclic amines) is 1. The van der Waals surface area contributed by atoms with Gasteiger partial charge < -0.3 is 20.1 Å². The third kappa shape index (κ3) is 7.05. The lowest BCUT2D eigenvalue weighted by Gasteiger charge is -2.33. The predicted molar refractivity (Wildman–Crippen MR) is 133 cm³/mol. The first-order valence-electron chi connectivity index (χ1n) is 10.2. The van der Waals surface area contributed by atoms with E-state index in [1.54, 1.807) is 14.2 Å². The first kappa shape index (κ1) is 24.3. The molecule has 1 aliphatic heterocycles. The van der Waals surface area contributed by atoms with E-state index in [0.717, 1.165) is 55.5 Å². The fourth-order valence-electron chi connectivity index (χ4n) is 3.64. The minimum absolute atomic E-state index is 0. The number of methoxy groups -OCH3 is 2. The third-order valence-corrected chi connectivity index (χ3v) is 5.31. The van der Waals surface area contributed by atoms with E-state index in [1.165, 1.54) is 5.56 Å². The Labute approximate surface area is 197 Å². The van der Waals surface area contributed by atoms with E-state index in [1.807, 2.05) is 25.2 Å². The monoisotopic (exact) mass is 524 g/mol. The van der Waals surface area contributed by atoms with E-state index in [-0.39, 0.29) is 24.0 Å². The van der Waals surface area contributed by atoms with E-state index in [4.69, 9.17) is 9.47 Å². The highest BCUT2D eigenvalue weighted by Crippen LogP contribution is 2.27. The van der Waals surface area contributed by atoms with Crippen LogP contribution in [0.5, 0.6) is 11.5 Å². The van der Waals surface area contributed by atoms with Gasteiger partial charge in [0.25, 0.3) is 0 Å². The van der Waals surface area contributed by atoms with Crippen molar-refractivity contribution in [3.63, 3.8) is 0 Å². The molecule has 30 heavy (non-hydrogen) atoms. The van der Waals surface area contributed by atoms with Crippen LogP contribution in [0.4, 0.5) is 0 Å². The summed E-state index contributed by atoms with van der Waals surface area (Å²) in [6, 6.07) is 17.1. The van der Waals surface area contributed by atoms with Crippen LogP contribution < -0.4 is 20.1 Å². The molecule has 0 amide bonds. The van der Waals surface area contributed by atoms with Gasteiger partial charge >= 0.3 is 0 Å². The molecule has 1 saturated heterocycles. The molecule has 0 radical (unpaired) electrons. The predicted octanol–water partition coefficient (Wildman–Crippen LogP) is 3.65. The lowest BCUT2D eigenvalue weighted by molar-refractivity contribution is 0.198. The highest BCUT2D eigenvalue weighted by molar-refractivity contribution is 14.0. The molecular formula is C23H33IN4O2. The average molecular weight is 524 g/mol. The maximum atomic E-state index is 5.38. The number of benzene rings is 2. The summed E-state index contributed by atoms with van der Waals surface area (Å²) in [6.45, 7) is 3.89. The topological polar surface area (TPSA) is 58.1 Å². The summed E-state index contributed by atoms with van der Waals surface area (Å²) in [7, 11) is 5.11. The summed E-state index contributed by atoms with van der Waals surface area (Å²) in [5, 5.41) is 6.97. The van der Waals surface area contributed by atoms with Crippen LogP contribution in [0.2, 0.25) is 0 Å². The zero-order valence-corrected chi connectivity index (χ0v) is 20.4. The smallest absolute Gasteiger partial charge is 0.191 e. The third-order valence-electron chi connectivity index (χ3n) is 5.31. The van der Waals surface area contributed by atoms with E-state index in [0.29, 0.717) is 12.6 Å². The minimum atomic E-state index is 0.